The second kappa shape index (κ2) is 6.69. The third kappa shape index (κ3) is 3.79. The van der Waals surface area contributed by atoms with Gasteiger partial charge in [-0.15, -0.1) is 0 Å². The van der Waals surface area contributed by atoms with E-state index >= 15 is 0 Å². The largest absolute Gasteiger partial charge is 0.302 e. The van der Waals surface area contributed by atoms with E-state index in [1.807, 2.05) is 42.6 Å². The van der Waals surface area contributed by atoms with Crippen LogP contribution in [0.2, 0.25) is 5.02 Å². The van der Waals surface area contributed by atoms with E-state index < -0.39 is 0 Å². The van der Waals surface area contributed by atoms with Gasteiger partial charge in [-0.1, -0.05) is 36.7 Å². The average Bonchev–Trinajstić information content (AvgIpc) is 2.45. The third-order valence-electron chi connectivity index (χ3n) is 3.24. The smallest absolute Gasteiger partial charge is 0.0570 e. The van der Waals surface area contributed by atoms with Gasteiger partial charge in [-0.3, -0.25) is 4.98 Å². The summed E-state index contributed by atoms with van der Waals surface area (Å²) in [5.41, 5.74) is 2.28. The van der Waals surface area contributed by atoms with Gasteiger partial charge in [0.25, 0.3) is 0 Å². The first-order chi connectivity index (χ1) is 9.20. The van der Waals surface area contributed by atoms with Crippen molar-refractivity contribution in [3.8, 4) is 0 Å². The van der Waals surface area contributed by atoms with E-state index in [2.05, 4.69) is 30.2 Å². The molecule has 1 aromatic heterocycles. The van der Waals surface area contributed by atoms with Crippen LogP contribution in [0.3, 0.4) is 0 Å². The molecule has 1 heterocycles. The first-order valence-electron chi connectivity index (χ1n) is 6.63. The molecule has 1 aromatic carbocycles. The summed E-state index contributed by atoms with van der Waals surface area (Å²) in [6.07, 6.45) is 2.84. The zero-order valence-corrected chi connectivity index (χ0v) is 12.1. The van der Waals surface area contributed by atoms with E-state index in [9.17, 15) is 0 Å². The lowest BCUT2D eigenvalue weighted by Crippen LogP contribution is -2.24. The summed E-state index contributed by atoms with van der Waals surface area (Å²) in [6, 6.07) is 14.5. The van der Waals surface area contributed by atoms with Gasteiger partial charge < -0.3 is 5.32 Å². The van der Waals surface area contributed by atoms with Gasteiger partial charge in [0.2, 0.25) is 0 Å². The normalized spacial score (nSPS) is 14.1. The fourth-order valence-corrected chi connectivity index (χ4v) is 2.39. The second-order valence-corrected chi connectivity index (χ2v) is 5.10. The maximum absolute atomic E-state index is 6.06. The van der Waals surface area contributed by atoms with Gasteiger partial charge in [-0.2, -0.15) is 0 Å². The molecule has 0 spiro atoms. The molecule has 0 saturated heterocycles. The number of nitrogens with zero attached hydrogens (tertiary/aromatic N) is 1. The Bertz CT molecular complexity index is 513. The fraction of sp³-hybridized carbons (Fsp3) is 0.312. The van der Waals surface area contributed by atoms with Crippen LogP contribution in [0.15, 0.2) is 48.7 Å². The molecule has 1 unspecified atom stereocenters. The lowest BCUT2D eigenvalue weighted by atomic mass is 10.0. The van der Waals surface area contributed by atoms with Crippen LogP contribution in [0.5, 0.6) is 0 Å². The van der Waals surface area contributed by atoms with E-state index in [1.165, 1.54) is 5.56 Å². The lowest BCUT2D eigenvalue weighted by molar-refractivity contribution is 0.450. The Labute approximate surface area is 119 Å². The molecule has 0 saturated carbocycles. The van der Waals surface area contributed by atoms with Crippen molar-refractivity contribution in [1.29, 1.82) is 0 Å². The molecule has 0 aliphatic heterocycles. The summed E-state index contributed by atoms with van der Waals surface area (Å²) in [5.74, 6) is 0. The minimum Gasteiger partial charge on any atom is -0.302 e. The highest BCUT2D eigenvalue weighted by Gasteiger charge is 2.14. The van der Waals surface area contributed by atoms with Crippen LogP contribution in [0, 0.1) is 0 Å². The Morgan fingerprint density at radius 2 is 2.05 bits per heavy atom. The number of aromatic nitrogens is 1. The van der Waals surface area contributed by atoms with E-state index in [0.717, 1.165) is 17.1 Å². The van der Waals surface area contributed by atoms with Crippen LogP contribution in [-0.4, -0.2) is 4.98 Å². The highest BCUT2D eigenvalue weighted by molar-refractivity contribution is 6.30. The van der Waals surface area contributed by atoms with Crippen LogP contribution in [0.25, 0.3) is 0 Å². The molecule has 0 aliphatic rings. The topological polar surface area (TPSA) is 24.9 Å². The van der Waals surface area contributed by atoms with Crippen molar-refractivity contribution in [2.75, 3.05) is 0 Å². The minimum atomic E-state index is 0.213. The molecule has 2 rings (SSSR count). The highest BCUT2D eigenvalue weighted by atomic mass is 35.5. The number of pyridine rings is 1. The number of hydrogen-bond acceptors (Lipinski definition) is 2. The highest BCUT2D eigenvalue weighted by Crippen LogP contribution is 2.23. The van der Waals surface area contributed by atoms with E-state index in [1.54, 1.807) is 0 Å². The van der Waals surface area contributed by atoms with Crippen LogP contribution in [0.4, 0.5) is 0 Å². The molecule has 0 bridgehead atoms. The summed E-state index contributed by atoms with van der Waals surface area (Å²) >= 11 is 6.06. The zero-order chi connectivity index (χ0) is 13.7. The van der Waals surface area contributed by atoms with Gasteiger partial charge >= 0.3 is 0 Å². The summed E-state index contributed by atoms with van der Waals surface area (Å²) < 4.78 is 0. The van der Waals surface area contributed by atoms with Crippen molar-refractivity contribution in [1.82, 2.24) is 10.3 Å². The van der Waals surface area contributed by atoms with Crippen molar-refractivity contribution >= 4 is 11.6 Å². The predicted molar refractivity (Wildman–Crippen MR) is 80.3 cm³/mol. The maximum Gasteiger partial charge on any atom is 0.0570 e. The van der Waals surface area contributed by atoms with Crippen molar-refractivity contribution in [2.45, 2.75) is 32.4 Å². The Kier molecular flexibility index (Phi) is 4.94. The summed E-state index contributed by atoms with van der Waals surface area (Å²) in [5, 5.41) is 4.39. The molecule has 0 radical (unpaired) electrons. The van der Waals surface area contributed by atoms with Gasteiger partial charge in [-0.05, 0) is 43.2 Å². The van der Waals surface area contributed by atoms with Gasteiger partial charge in [-0.25, -0.2) is 0 Å². The molecule has 100 valence electrons. The van der Waals surface area contributed by atoms with Gasteiger partial charge in [0.05, 0.1) is 5.69 Å². The number of hydrogen-bond donors (Lipinski definition) is 1. The molecule has 0 fully saturated rings. The molecular formula is C16H19ClN2. The third-order valence-corrected chi connectivity index (χ3v) is 3.48. The molecule has 2 atom stereocenters. The van der Waals surface area contributed by atoms with Gasteiger partial charge in [0, 0.05) is 23.3 Å². The molecule has 0 aliphatic carbocycles. The predicted octanol–water partition coefficient (Wildman–Crippen LogP) is 4.54. The molecule has 19 heavy (non-hydrogen) atoms. The maximum atomic E-state index is 6.06. The quantitative estimate of drug-likeness (QED) is 0.866. The number of halogens is 1. The monoisotopic (exact) mass is 274 g/mol. The van der Waals surface area contributed by atoms with Crippen LogP contribution in [-0.2, 0) is 0 Å². The second-order valence-electron chi connectivity index (χ2n) is 4.66. The van der Waals surface area contributed by atoms with E-state index in [0.29, 0.717) is 0 Å². The van der Waals surface area contributed by atoms with E-state index in [4.69, 9.17) is 11.6 Å². The Morgan fingerprint density at radius 1 is 1.21 bits per heavy atom. The summed E-state index contributed by atoms with van der Waals surface area (Å²) in [6.45, 7) is 4.30. The molecule has 3 heteroatoms. The lowest BCUT2D eigenvalue weighted by Gasteiger charge is -2.22. The first kappa shape index (κ1) is 14.0. The fourth-order valence-electron chi connectivity index (χ4n) is 2.19. The summed E-state index contributed by atoms with van der Waals surface area (Å²) in [7, 11) is 0. The Morgan fingerprint density at radius 3 is 2.68 bits per heavy atom. The standard InChI is InChI=1S/C16H19ClN2/c1-3-15(13-7-6-8-14(17)11-13)19-12(2)16-9-4-5-10-18-16/h4-12,15,19H,3H2,1-2H3/t12-,15?/m1/s1. The van der Waals surface area contributed by atoms with Crippen molar-refractivity contribution in [3.63, 3.8) is 0 Å². The number of benzene rings is 1. The van der Waals surface area contributed by atoms with E-state index in [-0.39, 0.29) is 12.1 Å². The van der Waals surface area contributed by atoms with Crippen LogP contribution >= 0.6 is 11.6 Å². The number of nitrogens with one attached hydrogen (secondary N) is 1. The molecule has 0 amide bonds. The SMILES string of the molecule is CCC(N[C@H](C)c1ccccn1)c1cccc(Cl)c1. The van der Waals surface area contributed by atoms with Crippen molar-refractivity contribution in [3.05, 3.63) is 64.9 Å². The number of rotatable bonds is 5. The van der Waals surface area contributed by atoms with Gasteiger partial charge in [0.15, 0.2) is 0 Å². The van der Waals surface area contributed by atoms with Crippen LogP contribution in [0.1, 0.15) is 43.6 Å². The Hall–Kier alpha value is -1.38. The van der Waals surface area contributed by atoms with Crippen molar-refractivity contribution < 1.29 is 0 Å². The van der Waals surface area contributed by atoms with Crippen LogP contribution < -0.4 is 5.32 Å². The molecular weight excluding hydrogens is 256 g/mol. The molecule has 2 aromatic rings. The first-order valence-corrected chi connectivity index (χ1v) is 7.01. The molecule has 1 N–H and O–H groups in total. The zero-order valence-electron chi connectivity index (χ0n) is 11.3. The Balaban J connectivity index is 2.11. The average molecular weight is 275 g/mol. The minimum absolute atomic E-state index is 0.213. The molecule has 2 nitrogen and oxygen atoms in total. The van der Waals surface area contributed by atoms with Crippen molar-refractivity contribution in [2.24, 2.45) is 0 Å². The summed E-state index contributed by atoms with van der Waals surface area (Å²) in [4.78, 5) is 4.39. The van der Waals surface area contributed by atoms with Gasteiger partial charge in [0.1, 0.15) is 0 Å².